The van der Waals surface area contributed by atoms with Crippen LogP contribution in [0.25, 0.3) is 0 Å². The number of fused-ring (bicyclic) bond motifs is 1. The number of nitrogens with two attached hydrogens (primary N) is 1. The summed E-state index contributed by atoms with van der Waals surface area (Å²) in [6.45, 7) is 1.52. The summed E-state index contributed by atoms with van der Waals surface area (Å²) in [4.78, 5) is 24.2. The maximum atomic E-state index is 12.2. The molecular weight excluding hydrogens is 406 g/mol. The molecule has 1 aromatic heterocycles. The number of aliphatic imine (C=N–C) groups is 1. The minimum absolute atomic E-state index is 0.0214. The minimum Gasteiger partial charge on any atom is -0.404 e. The van der Waals surface area contributed by atoms with Crippen LogP contribution in [0, 0.1) is 0 Å². The molecule has 0 radical (unpaired) electrons. The number of carbonyl (C=O) groups is 1. The van der Waals surface area contributed by atoms with Crippen molar-refractivity contribution in [2.75, 3.05) is 36.9 Å². The Morgan fingerprint density at radius 1 is 1.22 bits per heavy atom. The zero-order valence-electron chi connectivity index (χ0n) is 18.0. The number of hydrogen-bond acceptors (Lipinski definition) is 6. The lowest BCUT2D eigenvalue weighted by Gasteiger charge is -2.17. The Bertz CT molecular complexity index is 987. The van der Waals surface area contributed by atoms with E-state index in [0.717, 1.165) is 24.9 Å². The molecule has 0 saturated carbocycles. The molecule has 168 valence electrons. The number of pyridine rings is 1. The Balaban J connectivity index is 1.51. The molecular formula is C23H30N7O2+. The average molecular weight is 437 g/mol. The summed E-state index contributed by atoms with van der Waals surface area (Å²) in [5.74, 6) is 0.889. The van der Waals surface area contributed by atoms with Crippen LogP contribution in [0.1, 0.15) is 18.4 Å². The van der Waals surface area contributed by atoms with E-state index in [-0.39, 0.29) is 12.6 Å². The van der Waals surface area contributed by atoms with Crippen LogP contribution in [-0.2, 0) is 6.42 Å². The molecule has 0 unspecified atom stereocenters. The zero-order chi connectivity index (χ0) is 22.6. The molecule has 7 N–H and O–H groups in total. The minimum atomic E-state index is -0.297. The standard InChI is InChI=1S/C23H29N7O2/c24-14-18(15-25-12-13-31)20-16-27-19-9-10-21(29-22(19)28-20)30-23(32)26-11-5-4-8-17-6-2-1-3-7-17/h1-3,6-7,9-10,14-15,27,31H,4-5,8,11-13,16,24H2,(H2,26,29,30,32)/p+1. The van der Waals surface area contributed by atoms with Crippen LogP contribution < -0.4 is 26.7 Å². The second-order valence-corrected chi connectivity index (χ2v) is 7.25. The Morgan fingerprint density at radius 3 is 2.84 bits per heavy atom. The van der Waals surface area contributed by atoms with Gasteiger partial charge in [0.05, 0.1) is 23.5 Å². The molecule has 32 heavy (non-hydrogen) atoms. The highest BCUT2D eigenvalue weighted by Crippen LogP contribution is 2.28. The molecule has 9 heteroatoms. The highest BCUT2D eigenvalue weighted by atomic mass is 16.3. The van der Waals surface area contributed by atoms with Gasteiger partial charge >= 0.3 is 6.03 Å². The fraction of sp³-hybridized carbons (Fsp3) is 0.304. The van der Waals surface area contributed by atoms with Crippen molar-refractivity contribution in [3.05, 3.63) is 59.8 Å². The highest BCUT2D eigenvalue weighted by molar-refractivity contribution is 6.18. The topological polar surface area (TPSA) is 139 Å². The van der Waals surface area contributed by atoms with E-state index < -0.39 is 0 Å². The van der Waals surface area contributed by atoms with Crippen molar-refractivity contribution in [3.8, 4) is 0 Å². The molecule has 0 atom stereocenters. The van der Waals surface area contributed by atoms with Gasteiger partial charge in [-0.25, -0.2) is 19.8 Å². The molecule has 1 aliphatic heterocycles. The number of nitrogens with one attached hydrogen (secondary N) is 4. The number of aromatic nitrogens is 1. The molecule has 0 saturated heterocycles. The maximum Gasteiger partial charge on any atom is 0.320 e. The van der Waals surface area contributed by atoms with Gasteiger partial charge < -0.3 is 21.5 Å². The first-order chi connectivity index (χ1) is 15.7. The fourth-order valence-electron chi connectivity index (χ4n) is 3.19. The normalized spacial score (nSPS) is 13.3. The number of aryl methyl sites for hydroxylation is 1. The molecule has 9 nitrogen and oxygen atoms in total. The van der Waals surface area contributed by atoms with Gasteiger partial charge in [-0.1, -0.05) is 30.3 Å². The highest BCUT2D eigenvalue weighted by Gasteiger charge is 2.17. The lowest BCUT2D eigenvalue weighted by Crippen LogP contribution is -2.70. The van der Waals surface area contributed by atoms with E-state index in [1.807, 2.05) is 24.3 Å². The maximum absolute atomic E-state index is 12.2. The number of urea groups is 1. The Kier molecular flexibility index (Phi) is 8.76. The zero-order valence-corrected chi connectivity index (χ0v) is 18.0. The van der Waals surface area contributed by atoms with Crippen LogP contribution in [0.2, 0.25) is 0 Å². The smallest absolute Gasteiger partial charge is 0.320 e. The quantitative estimate of drug-likeness (QED) is 0.241. The van der Waals surface area contributed by atoms with Crippen molar-refractivity contribution < 1.29 is 14.9 Å². The predicted octanol–water partition coefficient (Wildman–Crippen LogP) is 0.710. The largest absolute Gasteiger partial charge is 0.404 e. The van der Waals surface area contributed by atoms with Crippen LogP contribution in [0.4, 0.5) is 22.1 Å². The molecule has 3 rings (SSSR count). The molecule has 2 amide bonds. The summed E-state index contributed by atoms with van der Waals surface area (Å²) in [6.07, 6.45) is 6.05. The molecule has 2 heterocycles. The van der Waals surface area contributed by atoms with Crippen molar-refractivity contribution >= 4 is 35.3 Å². The molecule has 0 bridgehead atoms. The van der Waals surface area contributed by atoms with Crippen molar-refractivity contribution in [1.82, 2.24) is 10.3 Å². The van der Waals surface area contributed by atoms with E-state index in [1.54, 1.807) is 12.3 Å². The van der Waals surface area contributed by atoms with Gasteiger partial charge in [-0.3, -0.25) is 5.32 Å². The summed E-state index contributed by atoms with van der Waals surface area (Å²) < 4.78 is 0. The Hall–Kier alpha value is -3.72. The van der Waals surface area contributed by atoms with E-state index >= 15 is 0 Å². The molecule has 1 aliphatic rings. The van der Waals surface area contributed by atoms with Gasteiger partial charge in [-0.05, 0) is 37.0 Å². The number of aliphatic hydroxyl groups excluding tert-OH is 1. The third-order valence-electron chi connectivity index (χ3n) is 4.85. The van der Waals surface area contributed by atoms with Gasteiger partial charge in [0.25, 0.3) is 0 Å². The fourth-order valence-corrected chi connectivity index (χ4v) is 3.19. The van der Waals surface area contributed by atoms with Crippen molar-refractivity contribution in [2.45, 2.75) is 19.3 Å². The first-order valence-corrected chi connectivity index (χ1v) is 10.7. The van der Waals surface area contributed by atoms with E-state index in [9.17, 15) is 4.79 Å². The Morgan fingerprint density at radius 2 is 2.06 bits per heavy atom. The Labute approximate surface area is 187 Å². The molecule has 0 fully saturated rings. The van der Waals surface area contributed by atoms with Gasteiger partial charge in [-0.15, -0.1) is 0 Å². The molecule has 0 spiro atoms. The van der Waals surface area contributed by atoms with Crippen molar-refractivity contribution in [2.24, 2.45) is 10.7 Å². The third kappa shape index (κ3) is 6.92. The van der Waals surface area contributed by atoms with Crippen LogP contribution >= 0.6 is 0 Å². The van der Waals surface area contributed by atoms with Crippen molar-refractivity contribution in [3.63, 3.8) is 0 Å². The number of aliphatic hydroxyl groups is 1. The van der Waals surface area contributed by atoms with Gasteiger partial charge in [0.15, 0.2) is 18.6 Å². The van der Waals surface area contributed by atoms with Gasteiger partial charge in [0, 0.05) is 12.7 Å². The van der Waals surface area contributed by atoms with Crippen LogP contribution in [-0.4, -0.2) is 54.3 Å². The number of carbonyl (C=O) groups excluding carboxylic acids is 1. The number of benzene rings is 1. The number of amides is 2. The predicted molar refractivity (Wildman–Crippen MR) is 127 cm³/mol. The summed E-state index contributed by atoms with van der Waals surface area (Å²) in [7, 11) is 0. The van der Waals surface area contributed by atoms with Crippen LogP contribution in [0.3, 0.4) is 0 Å². The van der Waals surface area contributed by atoms with Crippen LogP contribution in [0.5, 0.6) is 0 Å². The lowest BCUT2D eigenvalue weighted by atomic mass is 10.1. The van der Waals surface area contributed by atoms with E-state index in [1.165, 1.54) is 11.8 Å². The summed E-state index contributed by atoms with van der Waals surface area (Å²) in [5, 5.41) is 17.8. The lowest BCUT2D eigenvalue weighted by molar-refractivity contribution is -0.454. The van der Waals surface area contributed by atoms with Crippen molar-refractivity contribution in [1.29, 1.82) is 0 Å². The van der Waals surface area contributed by atoms with E-state index in [0.29, 0.717) is 42.6 Å². The molecule has 1 aromatic carbocycles. The van der Waals surface area contributed by atoms with E-state index in [4.69, 9.17) is 10.8 Å². The number of rotatable bonds is 10. The summed E-state index contributed by atoms with van der Waals surface area (Å²) >= 11 is 0. The van der Waals surface area contributed by atoms with Gasteiger partial charge in [0.2, 0.25) is 0 Å². The number of hydrogen-bond donors (Lipinski definition) is 6. The number of nitrogens with zero attached hydrogens (tertiary/aromatic N) is 2. The second kappa shape index (κ2) is 12.2. The number of anilines is 2. The monoisotopic (exact) mass is 436 g/mol. The SMILES string of the molecule is NC=C(C=[NH+]CCO)C1=Nc2nc(NC(=O)NCCCCc3ccccc3)ccc2NC1. The molecule has 0 aliphatic carbocycles. The van der Waals surface area contributed by atoms with Crippen LogP contribution in [0.15, 0.2) is 59.2 Å². The average Bonchev–Trinajstić information content (AvgIpc) is 2.82. The second-order valence-electron chi connectivity index (χ2n) is 7.25. The third-order valence-corrected chi connectivity index (χ3v) is 4.85. The van der Waals surface area contributed by atoms with E-state index in [2.05, 4.69) is 43.1 Å². The van der Waals surface area contributed by atoms with Gasteiger partial charge in [-0.2, -0.15) is 0 Å². The van der Waals surface area contributed by atoms with Gasteiger partial charge in [0.1, 0.15) is 12.4 Å². The molecule has 2 aromatic rings. The summed E-state index contributed by atoms with van der Waals surface area (Å²) in [5.41, 5.74) is 9.20. The first-order valence-electron chi connectivity index (χ1n) is 10.7. The number of unbranched alkanes of at least 4 members (excludes halogenated alkanes) is 1. The first kappa shape index (κ1) is 23.0. The summed E-state index contributed by atoms with van der Waals surface area (Å²) in [6, 6.07) is 13.6.